The van der Waals surface area contributed by atoms with Gasteiger partial charge in [-0.1, -0.05) is 6.07 Å². The van der Waals surface area contributed by atoms with Crippen molar-refractivity contribution in [2.75, 3.05) is 12.0 Å². The van der Waals surface area contributed by atoms with Crippen molar-refractivity contribution in [3.8, 4) is 5.75 Å². The van der Waals surface area contributed by atoms with E-state index >= 15 is 0 Å². The van der Waals surface area contributed by atoms with Gasteiger partial charge in [-0.05, 0) is 41.8 Å². The Morgan fingerprint density at radius 2 is 2.00 bits per heavy atom. The summed E-state index contributed by atoms with van der Waals surface area (Å²) in [5, 5.41) is 13.1. The molecule has 32 heavy (non-hydrogen) atoms. The fraction of sp³-hybridized carbons (Fsp3) is 0.136. The van der Waals surface area contributed by atoms with Crippen molar-refractivity contribution in [2.45, 2.75) is 13.1 Å². The van der Waals surface area contributed by atoms with Gasteiger partial charge in [0.1, 0.15) is 12.3 Å². The normalized spacial score (nSPS) is 10.8. The summed E-state index contributed by atoms with van der Waals surface area (Å²) in [7, 11) is 1.56. The fourth-order valence-corrected chi connectivity index (χ4v) is 3.94. The van der Waals surface area contributed by atoms with Gasteiger partial charge in [-0.2, -0.15) is 0 Å². The van der Waals surface area contributed by atoms with Gasteiger partial charge in [-0.3, -0.25) is 24.3 Å². The second kappa shape index (κ2) is 8.98. The van der Waals surface area contributed by atoms with Crippen LogP contribution >= 0.6 is 11.3 Å². The van der Waals surface area contributed by atoms with E-state index in [0.29, 0.717) is 23.5 Å². The average molecular weight is 450 g/mol. The molecule has 0 radical (unpaired) electrons. The van der Waals surface area contributed by atoms with E-state index in [1.54, 1.807) is 36.3 Å². The lowest BCUT2D eigenvalue weighted by atomic mass is 10.2. The zero-order valence-corrected chi connectivity index (χ0v) is 17.8. The molecule has 0 aliphatic heterocycles. The number of rotatable bonds is 7. The highest BCUT2D eigenvalue weighted by Gasteiger charge is 2.19. The number of non-ortho nitro benzene ring substituents is 1. The van der Waals surface area contributed by atoms with Gasteiger partial charge in [0, 0.05) is 22.7 Å². The van der Waals surface area contributed by atoms with Crippen molar-refractivity contribution in [1.29, 1.82) is 0 Å². The first-order valence-electron chi connectivity index (χ1n) is 9.56. The van der Waals surface area contributed by atoms with Crippen LogP contribution in [0, 0.1) is 10.1 Å². The van der Waals surface area contributed by atoms with Crippen LogP contribution in [0.2, 0.25) is 0 Å². The quantitative estimate of drug-likeness (QED) is 0.314. The van der Waals surface area contributed by atoms with Gasteiger partial charge in [-0.25, -0.2) is 4.98 Å². The van der Waals surface area contributed by atoms with E-state index in [9.17, 15) is 19.7 Å². The predicted molar refractivity (Wildman–Crippen MR) is 121 cm³/mol. The minimum atomic E-state index is -0.576. The molecule has 2 heterocycles. The Morgan fingerprint density at radius 3 is 2.66 bits per heavy atom. The average Bonchev–Trinajstić information content (AvgIpc) is 3.32. The van der Waals surface area contributed by atoms with Crippen LogP contribution in [0.25, 0.3) is 10.9 Å². The molecule has 0 atom stereocenters. The minimum Gasteiger partial charge on any atom is -0.497 e. The lowest BCUT2D eigenvalue weighted by Crippen LogP contribution is -2.36. The van der Waals surface area contributed by atoms with Gasteiger partial charge < -0.3 is 9.64 Å². The maximum atomic E-state index is 13.3. The zero-order valence-electron chi connectivity index (χ0n) is 17.0. The Balaban J connectivity index is 1.67. The Morgan fingerprint density at radius 1 is 1.22 bits per heavy atom. The van der Waals surface area contributed by atoms with Crippen molar-refractivity contribution in [3.05, 3.63) is 91.6 Å². The lowest BCUT2D eigenvalue weighted by molar-refractivity contribution is -0.384. The van der Waals surface area contributed by atoms with Crippen LogP contribution in [-0.2, 0) is 17.9 Å². The van der Waals surface area contributed by atoms with Crippen LogP contribution in [0.5, 0.6) is 5.75 Å². The van der Waals surface area contributed by atoms with Crippen molar-refractivity contribution < 1.29 is 14.5 Å². The molecule has 162 valence electrons. The van der Waals surface area contributed by atoms with E-state index in [1.807, 2.05) is 17.5 Å². The molecule has 1 amide bonds. The fourth-order valence-electron chi connectivity index (χ4n) is 3.25. The van der Waals surface area contributed by atoms with Gasteiger partial charge in [0.2, 0.25) is 5.91 Å². The number of amides is 1. The number of benzene rings is 2. The molecule has 0 saturated heterocycles. The van der Waals surface area contributed by atoms with Crippen molar-refractivity contribution >= 4 is 39.5 Å². The molecule has 9 nitrogen and oxygen atoms in total. The molecule has 0 unspecified atom stereocenters. The number of aromatic nitrogens is 2. The third-order valence-electron chi connectivity index (χ3n) is 4.90. The number of hydrogen-bond donors (Lipinski definition) is 0. The molecule has 10 heteroatoms. The highest BCUT2D eigenvalue weighted by molar-refractivity contribution is 7.09. The SMILES string of the molecule is COc1ccc(N(Cc2cccs2)C(=O)Cn2cnc3ccc([N+](=O)[O-])cc3c2=O)cc1. The number of nitro benzene ring substituents is 1. The molecule has 0 fully saturated rings. The highest BCUT2D eigenvalue weighted by Crippen LogP contribution is 2.23. The molecule has 0 bridgehead atoms. The van der Waals surface area contributed by atoms with Gasteiger partial charge in [-0.15, -0.1) is 11.3 Å². The van der Waals surface area contributed by atoms with Crippen molar-refractivity contribution in [3.63, 3.8) is 0 Å². The van der Waals surface area contributed by atoms with E-state index in [2.05, 4.69) is 4.98 Å². The van der Waals surface area contributed by atoms with Crippen molar-refractivity contribution in [1.82, 2.24) is 9.55 Å². The Hall–Kier alpha value is -4.05. The predicted octanol–water partition coefficient (Wildman–Crippen LogP) is 3.61. The summed E-state index contributed by atoms with van der Waals surface area (Å²) < 4.78 is 6.36. The highest BCUT2D eigenvalue weighted by atomic mass is 32.1. The standard InChI is InChI=1S/C22H18N4O5S/c1-31-17-7-4-15(5-8-17)25(12-18-3-2-10-32-18)21(27)13-24-14-23-20-9-6-16(26(29)30)11-19(20)22(24)28/h2-11,14H,12-13H2,1H3. The van der Waals surface area contributed by atoms with E-state index < -0.39 is 10.5 Å². The molecule has 0 aliphatic rings. The zero-order chi connectivity index (χ0) is 22.7. The summed E-state index contributed by atoms with van der Waals surface area (Å²) in [4.78, 5) is 43.4. The summed E-state index contributed by atoms with van der Waals surface area (Å²) in [6.07, 6.45) is 1.28. The van der Waals surface area contributed by atoms with E-state index in [-0.39, 0.29) is 23.5 Å². The van der Waals surface area contributed by atoms with Crippen molar-refractivity contribution in [2.24, 2.45) is 0 Å². The number of methoxy groups -OCH3 is 1. The van der Waals surface area contributed by atoms with Gasteiger partial charge in [0.15, 0.2) is 0 Å². The number of nitro groups is 1. The van der Waals surface area contributed by atoms with E-state index in [4.69, 9.17) is 4.74 Å². The largest absolute Gasteiger partial charge is 0.497 e. The molecule has 0 N–H and O–H groups in total. The molecular formula is C22H18N4O5S. The van der Waals surface area contributed by atoms with Crippen LogP contribution in [0.3, 0.4) is 0 Å². The van der Waals surface area contributed by atoms with Gasteiger partial charge in [0.25, 0.3) is 11.2 Å². The summed E-state index contributed by atoms with van der Waals surface area (Å²) >= 11 is 1.52. The smallest absolute Gasteiger partial charge is 0.270 e. The number of carbonyl (C=O) groups is 1. The minimum absolute atomic E-state index is 0.0868. The maximum absolute atomic E-state index is 13.3. The van der Waals surface area contributed by atoms with Crippen LogP contribution in [-0.4, -0.2) is 27.5 Å². The molecule has 4 aromatic rings. The van der Waals surface area contributed by atoms with Crippen LogP contribution < -0.4 is 15.2 Å². The first-order chi connectivity index (χ1) is 15.5. The second-order valence-electron chi connectivity index (χ2n) is 6.89. The molecule has 0 saturated carbocycles. The third-order valence-corrected chi connectivity index (χ3v) is 5.76. The first-order valence-corrected chi connectivity index (χ1v) is 10.4. The molecule has 0 spiro atoms. The van der Waals surface area contributed by atoms with E-state index in [1.165, 1.54) is 40.4 Å². The number of carbonyl (C=O) groups excluding carboxylic acids is 1. The lowest BCUT2D eigenvalue weighted by Gasteiger charge is -2.23. The topological polar surface area (TPSA) is 108 Å². The van der Waals surface area contributed by atoms with Gasteiger partial charge in [0.05, 0.1) is 35.8 Å². The number of ether oxygens (including phenoxy) is 1. The van der Waals surface area contributed by atoms with Gasteiger partial charge >= 0.3 is 0 Å². The number of thiophene rings is 1. The Kier molecular flexibility index (Phi) is 5.95. The molecule has 4 rings (SSSR count). The molecular weight excluding hydrogens is 432 g/mol. The maximum Gasteiger partial charge on any atom is 0.270 e. The summed E-state index contributed by atoms with van der Waals surface area (Å²) in [5.41, 5.74) is 0.257. The number of anilines is 1. The summed E-state index contributed by atoms with van der Waals surface area (Å²) in [5.74, 6) is 0.339. The second-order valence-corrected chi connectivity index (χ2v) is 7.93. The third kappa shape index (κ3) is 4.35. The Bertz CT molecular complexity index is 1330. The monoisotopic (exact) mass is 450 g/mol. The molecule has 0 aliphatic carbocycles. The Labute approximate surface area is 186 Å². The van der Waals surface area contributed by atoms with Crippen LogP contribution in [0.15, 0.2) is 71.1 Å². The summed E-state index contributed by atoms with van der Waals surface area (Å²) in [6.45, 7) is 0.0753. The molecule has 2 aromatic heterocycles. The van der Waals surface area contributed by atoms with Crippen LogP contribution in [0.1, 0.15) is 4.88 Å². The number of fused-ring (bicyclic) bond motifs is 1. The van der Waals surface area contributed by atoms with Crippen LogP contribution in [0.4, 0.5) is 11.4 Å². The van der Waals surface area contributed by atoms with E-state index in [0.717, 1.165) is 4.88 Å². The first kappa shape index (κ1) is 21.2. The number of hydrogen-bond acceptors (Lipinski definition) is 7. The summed E-state index contributed by atoms with van der Waals surface area (Å²) in [6, 6.07) is 14.8. The molecule has 2 aromatic carbocycles. The number of nitrogens with zero attached hydrogens (tertiary/aromatic N) is 4.